The zero-order chi connectivity index (χ0) is 13.5. The molecule has 1 aromatic rings. The number of carbonyl (C=O) groups is 1. The number of rotatable bonds is 7. The van der Waals surface area contributed by atoms with Crippen molar-refractivity contribution in [3.63, 3.8) is 0 Å². The Labute approximate surface area is 109 Å². The van der Waals surface area contributed by atoms with Gasteiger partial charge >= 0.3 is 5.00 Å². The summed E-state index contributed by atoms with van der Waals surface area (Å²) in [6.45, 7) is 4.35. The van der Waals surface area contributed by atoms with Gasteiger partial charge in [0.1, 0.15) is 6.20 Å². The number of nitrogens with one attached hydrogen (secondary N) is 2. The van der Waals surface area contributed by atoms with E-state index in [-0.39, 0.29) is 17.0 Å². The predicted octanol–water partition coefficient (Wildman–Crippen LogP) is 1.77. The first-order valence-corrected chi connectivity index (χ1v) is 6.48. The van der Waals surface area contributed by atoms with Gasteiger partial charge in [-0.3, -0.25) is 14.9 Å². The van der Waals surface area contributed by atoms with Crippen molar-refractivity contribution in [2.24, 2.45) is 0 Å². The molecule has 100 valence electrons. The predicted molar refractivity (Wildman–Crippen MR) is 69.8 cm³/mol. The van der Waals surface area contributed by atoms with Gasteiger partial charge in [-0.05, 0) is 24.7 Å². The average molecular weight is 272 g/mol. The summed E-state index contributed by atoms with van der Waals surface area (Å²) in [5.74, 6) is -0.0390. The molecule has 0 bridgehead atoms. The first-order valence-electron chi connectivity index (χ1n) is 5.66. The molecule has 18 heavy (non-hydrogen) atoms. The maximum atomic E-state index is 11.4. The van der Waals surface area contributed by atoms with Gasteiger partial charge in [0.15, 0.2) is 5.13 Å². The molecule has 0 aliphatic rings. The molecule has 2 N–H and O–H groups in total. The zero-order valence-corrected chi connectivity index (χ0v) is 11.1. The van der Waals surface area contributed by atoms with Crippen LogP contribution in [-0.2, 0) is 4.79 Å². The summed E-state index contributed by atoms with van der Waals surface area (Å²) in [5.41, 5.74) is 0. The third kappa shape index (κ3) is 4.66. The smallest absolute Gasteiger partial charge is 0.345 e. The third-order valence-electron chi connectivity index (χ3n) is 2.32. The maximum Gasteiger partial charge on any atom is 0.345 e. The molecule has 0 fully saturated rings. The van der Waals surface area contributed by atoms with E-state index in [0.717, 1.165) is 17.8 Å². The lowest BCUT2D eigenvalue weighted by Crippen LogP contribution is -2.32. The minimum atomic E-state index is -0.488. The number of anilines is 1. The van der Waals surface area contributed by atoms with Crippen LogP contribution in [0.5, 0.6) is 0 Å². The highest BCUT2D eigenvalue weighted by Gasteiger charge is 2.11. The lowest BCUT2D eigenvalue weighted by molar-refractivity contribution is -0.380. The number of amides is 1. The van der Waals surface area contributed by atoms with Crippen LogP contribution in [0.2, 0.25) is 0 Å². The first-order chi connectivity index (χ1) is 8.52. The largest absolute Gasteiger partial charge is 0.361 e. The van der Waals surface area contributed by atoms with E-state index in [0.29, 0.717) is 18.1 Å². The van der Waals surface area contributed by atoms with Crippen LogP contribution in [0.4, 0.5) is 10.1 Å². The van der Waals surface area contributed by atoms with Crippen LogP contribution < -0.4 is 10.6 Å². The van der Waals surface area contributed by atoms with Crippen molar-refractivity contribution in [2.75, 3.05) is 11.9 Å². The maximum absolute atomic E-state index is 11.4. The van der Waals surface area contributed by atoms with Gasteiger partial charge in [-0.15, -0.1) is 0 Å². The quantitative estimate of drug-likeness (QED) is 0.582. The van der Waals surface area contributed by atoms with Crippen LogP contribution in [0.25, 0.3) is 0 Å². The Morgan fingerprint density at radius 2 is 2.39 bits per heavy atom. The summed E-state index contributed by atoms with van der Waals surface area (Å²) in [6.07, 6.45) is 2.40. The van der Waals surface area contributed by atoms with Crippen molar-refractivity contribution in [3.05, 3.63) is 16.3 Å². The molecule has 0 saturated heterocycles. The Morgan fingerprint density at radius 1 is 1.67 bits per heavy atom. The van der Waals surface area contributed by atoms with Gasteiger partial charge in [0.05, 0.1) is 4.92 Å². The molecule has 0 aliphatic carbocycles. The normalized spacial score (nSPS) is 11.9. The molecule has 1 unspecified atom stereocenters. The molecule has 0 radical (unpaired) electrons. The van der Waals surface area contributed by atoms with E-state index < -0.39 is 4.92 Å². The van der Waals surface area contributed by atoms with Crippen LogP contribution >= 0.6 is 11.3 Å². The second kappa shape index (κ2) is 6.90. The lowest BCUT2D eigenvalue weighted by atomic mass is 10.2. The Balaban J connectivity index is 2.28. The molecule has 0 saturated carbocycles. The van der Waals surface area contributed by atoms with Crippen molar-refractivity contribution in [2.45, 2.75) is 32.7 Å². The van der Waals surface area contributed by atoms with Crippen LogP contribution in [-0.4, -0.2) is 28.4 Å². The SMILES string of the molecule is CCC(C)NC(=O)CCNc1ncc([N+](=O)[O-])s1. The summed E-state index contributed by atoms with van der Waals surface area (Å²) in [6, 6.07) is 0.165. The van der Waals surface area contributed by atoms with E-state index in [2.05, 4.69) is 15.6 Å². The van der Waals surface area contributed by atoms with Crippen LogP contribution in [0.15, 0.2) is 6.20 Å². The summed E-state index contributed by atoms with van der Waals surface area (Å²) in [7, 11) is 0. The number of hydrogen-bond acceptors (Lipinski definition) is 6. The van der Waals surface area contributed by atoms with E-state index in [1.54, 1.807) is 0 Å². The Morgan fingerprint density at radius 3 is 2.94 bits per heavy atom. The van der Waals surface area contributed by atoms with Crippen LogP contribution in [0.3, 0.4) is 0 Å². The van der Waals surface area contributed by atoms with Gasteiger partial charge < -0.3 is 10.6 Å². The fraction of sp³-hybridized carbons (Fsp3) is 0.600. The summed E-state index contributed by atoms with van der Waals surface area (Å²) in [4.78, 5) is 25.2. The lowest BCUT2D eigenvalue weighted by Gasteiger charge is -2.11. The number of carbonyl (C=O) groups excluding carboxylic acids is 1. The molecule has 0 spiro atoms. The molecular formula is C10H16N4O3S. The van der Waals surface area contributed by atoms with E-state index in [1.807, 2.05) is 13.8 Å². The number of nitro groups is 1. The van der Waals surface area contributed by atoms with E-state index >= 15 is 0 Å². The van der Waals surface area contributed by atoms with Crippen LogP contribution in [0.1, 0.15) is 26.7 Å². The highest BCUT2D eigenvalue weighted by Crippen LogP contribution is 2.24. The van der Waals surface area contributed by atoms with Crippen molar-refractivity contribution in [3.8, 4) is 0 Å². The fourth-order valence-electron chi connectivity index (χ4n) is 1.16. The Hall–Kier alpha value is -1.70. The van der Waals surface area contributed by atoms with Crippen LogP contribution in [0, 0.1) is 10.1 Å². The fourth-order valence-corrected chi connectivity index (χ4v) is 1.82. The van der Waals surface area contributed by atoms with Gasteiger partial charge in [-0.25, -0.2) is 4.98 Å². The molecule has 0 aromatic carbocycles. The van der Waals surface area contributed by atoms with E-state index in [9.17, 15) is 14.9 Å². The number of aromatic nitrogens is 1. The van der Waals surface area contributed by atoms with Gasteiger partial charge in [-0.2, -0.15) is 0 Å². The molecule has 1 rings (SSSR count). The van der Waals surface area contributed by atoms with Gasteiger partial charge in [0.25, 0.3) is 0 Å². The van der Waals surface area contributed by atoms with E-state index in [1.165, 1.54) is 6.20 Å². The monoisotopic (exact) mass is 272 g/mol. The molecule has 1 aromatic heterocycles. The summed E-state index contributed by atoms with van der Waals surface area (Å²) < 4.78 is 0. The second-order valence-corrected chi connectivity index (χ2v) is 4.82. The van der Waals surface area contributed by atoms with Gasteiger partial charge in [-0.1, -0.05) is 6.92 Å². The highest BCUT2D eigenvalue weighted by atomic mass is 32.1. The van der Waals surface area contributed by atoms with Crippen molar-refractivity contribution < 1.29 is 9.72 Å². The molecule has 8 heteroatoms. The highest BCUT2D eigenvalue weighted by molar-refractivity contribution is 7.18. The van der Waals surface area contributed by atoms with Gasteiger partial charge in [0, 0.05) is 19.0 Å². The number of hydrogen-bond donors (Lipinski definition) is 2. The van der Waals surface area contributed by atoms with E-state index in [4.69, 9.17) is 0 Å². The number of thiazole rings is 1. The molecule has 7 nitrogen and oxygen atoms in total. The summed E-state index contributed by atoms with van der Waals surface area (Å²) in [5, 5.41) is 16.6. The molecule has 0 aliphatic heterocycles. The third-order valence-corrected chi connectivity index (χ3v) is 3.23. The van der Waals surface area contributed by atoms with Crippen molar-refractivity contribution in [1.29, 1.82) is 0 Å². The Bertz CT molecular complexity index is 421. The average Bonchev–Trinajstić information content (AvgIpc) is 2.77. The van der Waals surface area contributed by atoms with Crippen molar-refractivity contribution in [1.82, 2.24) is 10.3 Å². The minimum absolute atomic E-state index is 0.0124. The zero-order valence-electron chi connectivity index (χ0n) is 10.3. The number of nitrogens with zero attached hydrogens (tertiary/aromatic N) is 2. The molecule has 1 atom stereocenters. The standard InChI is InChI=1S/C10H16N4O3S/c1-3-7(2)13-8(15)4-5-11-10-12-6-9(18-10)14(16)17/h6-7H,3-5H2,1-2H3,(H,11,12)(H,13,15). The summed E-state index contributed by atoms with van der Waals surface area (Å²) >= 11 is 0.958. The molecular weight excluding hydrogens is 256 g/mol. The minimum Gasteiger partial charge on any atom is -0.361 e. The second-order valence-electron chi connectivity index (χ2n) is 3.81. The first kappa shape index (κ1) is 14.4. The topological polar surface area (TPSA) is 97.2 Å². The Kier molecular flexibility index (Phi) is 5.50. The van der Waals surface area contributed by atoms with Gasteiger partial charge in [0.2, 0.25) is 5.91 Å². The van der Waals surface area contributed by atoms with Crippen molar-refractivity contribution >= 4 is 27.4 Å². The molecule has 1 amide bonds. The molecule has 1 heterocycles.